The molecule has 2 aromatic rings. The number of hydrogen-bond acceptors (Lipinski definition) is 4. The van der Waals surface area contributed by atoms with Gasteiger partial charge in [0.05, 0.1) is 19.3 Å². The molecule has 0 aliphatic heterocycles. The van der Waals surface area contributed by atoms with E-state index >= 15 is 0 Å². The Labute approximate surface area is 138 Å². The summed E-state index contributed by atoms with van der Waals surface area (Å²) in [7, 11) is 0. The Balaban J connectivity index is 1.78. The molecule has 2 amide bonds. The molecule has 6 nitrogen and oxygen atoms in total. The molecule has 24 heavy (non-hydrogen) atoms. The Morgan fingerprint density at radius 3 is 2.58 bits per heavy atom. The molecule has 0 aliphatic carbocycles. The first-order chi connectivity index (χ1) is 11.6. The molecule has 0 saturated carbocycles. The zero-order chi connectivity index (χ0) is 17.4. The lowest BCUT2D eigenvalue weighted by molar-refractivity contribution is -0.129. The number of rotatable bonds is 8. The van der Waals surface area contributed by atoms with Gasteiger partial charge < -0.3 is 20.2 Å². The maximum absolute atomic E-state index is 12.8. The van der Waals surface area contributed by atoms with Crippen LogP contribution in [0.5, 0.6) is 0 Å². The fraction of sp³-hybridized carbons (Fsp3) is 0.294. The van der Waals surface area contributed by atoms with Gasteiger partial charge >= 0.3 is 0 Å². The Bertz CT molecular complexity index is 656. The van der Waals surface area contributed by atoms with Gasteiger partial charge in [-0.3, -0.25) is 9.59 Å². The number of aliphatic hydroxyl groups is 1. The van der Waals surface area contributed by atoms with E-state index in [0.717, 1.165) is 5.76 Å². The summed E-state index contributed by atoms with van der Waals surface area (Å²) >= 11 is 0. The van der Waals surface area contributed by atoms with Crippen LogP contribution in [-0.2, 0) is 22.4 Å². The lowest BCUT2D eigenvalue weighted by Crippen LogP contribution is -2.49. The third-order valence-electron chi connectivity index (χ3n) is 3.36. The standard InChI is InChI=1S/C17H19FN2O4/c18-13-5-3-12(4-6-13)10-16(22)20-15(11-21)17(23)19-8-7-14-2-1-9-24-14/h1-6,9,15,21H,7-8,10-11H2,(H,19,23)(H,20,22)/t15-/m0/s1. The van der Waals surface area contributed by atoms with Crippen LogP contribution in [0, 0.1) is 5.82 Å². The van der Waals surface area contributed by atoms with Crippen molar-refractivity contribution in [1.82, 2.24) is 10.6 Å². The highest BCUT2D eigenvalue weighted by atomic mass is 19.1. The van der Waals surface area contributed by atoms with Crippen LogP contribution in [0.2, 0.25) is 0 Å². The predicted octanol–water partition coefficient (Wildman–Crippen LogP) is 0.797. The van der Waals surface area contributed by atoms with Crippen LogP contribution in [-0.4, -0.2) is 36.1 Å². The van der Waals surface area contributed by atoms with Crippen molar-refractivity contribution in [1.29, 1.82) is 0 Å². The Hall–Kier alpha value is -2.67. The lowest BCUT2D eigenvalue weighted by atomic mass is 10.1. The summed E-state index contributed by atoms with van der Waals surface area (Å²) in [5, 5.41) is 14.4. The second-order valence-corrected chi connectivity index (χ2v) is 5.23. The lowest BCUT2D eigenvalue weighted by Gasteiger charge is -2.16. The van der Waals surface area contributed by atoms with Gasteiger partial charge in [-0.2, -0.15) is 0 Å². The summed E-state index contributed by atoms with van der Waals surface area (Å²) in [6.45, 7) is -0.182. The minimum Gasteiger partial charge on any atom is -0.469 e. The van der Waals surface area contributed by atoms with Crippen molar-refractivity contribution in [3.8, 4) is 0 Å². The third-order valence-corrected chi connectivity index (χ3v) is 3.36. The summed E-state index contributed by atoms with van der Waals surface area (Å²) in [6.07, 6.45) is 2.06. The molecule has 1 heterocycles. The van der Waals surface area contributed by atoms with Crippen molar-refractivity contribution in [3.05, 3.63) is 59.8 Å². The number of carbonyl (C=O) groups excluding carboxylic acids is 2. The minimum atomic E-state index is -1.03. The van der Waals surface area contributed by atoms with Crippen LogP contribution in [0.15, 0.2) is 47.1 Å². The third kappa shape index (κ3) is 5.51. The summed E-state index contributed by atoms with van der Waals surface area (Å²) in [4.78, 5) is 23.9. The zero-order valence-electron chi connectivity index (χ0n) is 13.0. The van der Waals surface area contributed by atoms with Gasteiger partial charge in [-0.25, -0.2) is 4.39 Å². The van der Waals surface area contributed by atoms with E-state index in [-0.39, 0.29) is 12.2 Å². The van der Waals surface area contributed by atoms with Crippen molar-refractivity contribution in [2.45, 2.75) is 18.9 Å². The number of nitrogens with one attached hydrogen (secondary N) is 2. The molecule has 1 atom stereocenters. The molecule has 0 bridgehead atoms. The van der Waals surface area contributed by atoms with Crippen molar-refractivity contribution in [2.24, 2.45) is 0 Å². The number of benzene rings is 1. The molecule has 0 aliphatic rings. The molecule has 0 fully saturated rings. The second-order valence-electron chi connectivity index (χ2n) is 5.23. The van der Waals surface area contributed by atoms with Crippen LogP contribution in [0.4, 0.5) is 4.39 Å². The van der Waals surface area contributed by atoms with Gasteiger partial charge in [0.25, 0.3) is 0 Å². The molecule has 0 saturated heterocycles. The molecule has 1 aromatic carbocycles. The molecule has 3 N–H and O–H groups in total. The largest absolute Gasteiger partial charge is 0.469 e. The number of furan rings is 1. The van der Waals surface area contributed by atoms with Gasteiger partial charge in [0.15, 0.2) is 0 Å². The Morgan fingerprint density at radius 2 is 1.96 bits per heavy atom. The van der Waals surface area contributed by atoms with E-state index in [2.05, 4.69) is 10.6 Å². The van der Waals surface area contributed by atoms with Crippen molar-refractivity contribution < 1.29 is 23.5 Å². The average molecular weight is 334 g/mol. The molecule has 0 spiro atoms. The van der Waals surface area contributed by atoms with E-state index in [9.17, 15) is 19.1 Å². The van der Waals surface area contributed by atoms with Crippen LogP contribution >= 0.6 is 0 Å². The number of amides is 2. The monoisotopic (exact) mass is 334 g/mol. The molecule has 0 unspecified atom stereocenters. The van der Waals surface area contributed by atoms with E-state index in [1.807, 2.05) is 0 Å². The molecule has 128 valence electrons. The summed E-state index contributed by atoms with van der Waals surface area (Å²) < 4.78 is 18.0. The SMILES string of the molecule is O=C(Cc1ccc(F)cc1)N[C@@H](CO)C(=O)NCCc1ccco1. The normalized spacial score (nSPS) is 11.8. The van der Waals surface area contributed by atoms with Gasteiger partial charge in [-0.15, -0.1) is 0 Å². The highest BCUT2D eigenvalue weighted by molar-refractivity contribution is 5.88. The van der Waals surface area contributed by atoms with E-state index in [0.29, 0.717) is 18.5 Å². The van der Waals surface area contributed by atoms with Crippen LogP contribution in [0.1, 0.15) is 11.3 Å². The molecule has 7 heteroatoms. The minimum absolute atomic E-state index is 0.00352. The van der Waals surface area contributed by atoms with Crippen molar-refractivity contribution >= 4 is 11.8 Å². The van der Waals surface area contributed by atoms with Gasteiger partial charge in [-0.05, 0) is 29.8 Å². The van der Waals surface area contributed by atoms with Crippen molar-refractivity contribution in [3.63, 3.8) is 0 Å². The van der Waals surface area contributed by atoms with Crippen LogP contribution < -0.4 is 10.6 Å². The smallest absolute Gasteiger partial charge is 0.244 e. The van der Waals surface area contributed by atoms with Gasteiger partial charge in [0.2, 0.25) is 11.8 Å². The summed E-state index contributed by atoms with van der Waals surface area (Å²) in [5.41, 5.74) is 0.615. The zero-order valence-corrected chi connectivity index (χ0v) is 13.0. The van der Waals surface area contributed by atoms with Gasteiger partial charge in [0, 0.05) is 13.0 Å². The summed E-state index contributed by atoms with van der Waals surface area (Å²) in [6, 6.07) is 8.01. The number of halogens is 1. The first-order valence-electron chi connectivity index (χ1n) is 7.53. The number of aliphatic hydroxyl groups excluding tert-OH is 1. The molecule has 1 aromatic heterocycles. The van der Waals surface area contributed by atoms with Gasteiger partial charge in [0.1, 0.15) is 17.6 Å². The second kappa shape index (κ2) is 8.83. The predicted molar refractivity (Wildman–Crippen MR) is 84.5 cm³/mol. The number of carbonyl (C=O) groups is 2. The highest BCUT2D eigenvalue weighted by Crippen LogP contribution is 2.04. The highest BCUT2D eigenvalue weighted by Gasteiger charge is 2.19. The maximum atomic E-state index is 12.8. The topological polar surface area (TPSA) is 91.6 Å². The average Bonchev–Trinajstić information content (AvgIpc) is 3.08. The van der Waals surface area contributed by atoms with Crippen molar-refractivity contribution in [2.75, 3.05) is 13.2 Å². The maximum Gasteiger partial charge on any atom is 0.244 e. The first-order valence-corrected chi connectivity index (χ1v) is 7.53. The van der Waals surface area contributed by atoms with E-state index in [4.69, 9.17) is 4.42 Å². The molecular weight excluding hydrogens is 315 g/mol. The fourth-order valence-electron chi connectivity index (χ4n) is 2.11. The van der Waals surface area contributed by atoms with Gasteiger partial charge in [-0.1, -0.05) is 12.1 Å². The quantitative estimate of drug-likeness (QED) is 0.666. The van der Waals surface area contributed by atoms with E-state index in [1.165, 1.54) is 24.3 Å². The first kappa shape index (κ1) is 17.7. The summed E-state index contributed by atoms with van der Waals surface area (Å²) in [5.74, 6) is -0.558. The molecular formula is C17H19FN2O4. The fourth-order valence-corrected chi connectivity index (χ4v) is 2.11. The molecule has 2 rings (SSSR count). The molecule has 0 radical (unpaired) electrons. The van der Waals surface area contributed by atoms with Crippen LogP contribution in [0.3, 0.4) is 0 Å². The van der Waals surface area contributed by atoms with E-state index < -0.39 is 24.5 Å². The van der Waals surface area contributed by atoms with E-state index in [1.54, 1.807) is 18.4 Å². The van der Waals surface area contributed by atoms with Crippen LogP contribution in [0.25, 0.3) is 0 Å². The Morgan fingerprint density at radius 1 is 1.21 bits per heavy atom. The Kier molecular flexibility index (Phi) is 6.51. The number of hydrogen-bond donors (Lipinski definition) is 3.